The fraction of sp³-hybridized carbons (Fsp3) is 0.344. The molecule has 5 rings (SSSR count). The molecule has 220 valence electrons. The van der Waals surface area contributed by atoms with Crippen LogP contribution in [0.15, 0.2) is 77.7 Å². The summed E-state index contributed by atoms with van der Waals surface area (Å²) in [4.78, 5) is 42.4. The maximum Gasteiger partial charge on any atom is 0.297 e. The summed E-state index contributed by atoms with van der Waals surface area (Å²) < 4.78 is 6.61. The highest BCUT2D eigenvalue weighted by molar-refractivity contribution is 6.31. The Morgan fingerprint density at radius 2 is 1.95 bits per heavy atom. The normalized spacial score (nSPS) is 20.8. The second-order valence-corrected chi connectivity index (χ2v) is 11.2. The van der Waals surface area contributed by atoms with Crippen LogP contribution in [-0.2, 0) is 21.7 Å². The van der Waals surface area contributed by atoms with Crippen molar-refractivity contribution in [1.82, 2.24) is 9.47 Å². The Balaban J connectivity index is 1.36. The molecule has 2 aromatic carbocycles. The van der Waals surface area contributed by atoms with Crippen LogP contribution in [0.1, 0.15) is 37.3 Å². The molecule has 0 saturated carbocycles. The van der Waals surface area contributed by atoms with Crippen LogP contribution < -0.4 is 15.2 Å². The van der Waals surface area contributed by atoms with Gasteiger partial charge in [0.25, 0.3) is 11.5 Å². The van der Waals surface area contributed by atoms with E-state index in [9.17, 15) is 24.6 Å². The molecule has 2 aliphatic heterocycles. The molecule has 0 spiro atoms. The minimum Gasteiger partial charge on any atom is -0.491 e. The van der Waals surface area contributed by atoms with Gasteiger partial charge in [0, 0.05) is 41.4 Å². The van der Waals surface area contributed by atoms with Gasteiger partial charge in [-0.05, 0) is 60.9 Å². The minimum absolute atomic E-state index is 0.0598. The fourth-order valence-electron chi connectivity index (χ4n) is 5.84. The average Bonchev–Trinajstić information content (AvgIpc) is 3.56. The van der Waals surface area contributed by atoms with Crippen LogP contribution in [0.4, 0.5) is 5.69 Å². The molecule has 1 fully saturated rings. The zero-order valence-electron chi connectivity index (χ0n) is 23.6. The zero-order valence-corrected chi connectivity index (χ0v) is 24.3. The van der Waals surface area contributed by atoms with E-state index < -0.39 is 17.4 Å². The lowest BCUT2D eigenvalue weighted by Crippen LogP contribution is -2.44. The highest BCUT2D eigenvalue weighted by Crippen LogP contribution is 2.46. The van der Waals surface area contributed by atoms with Gasteiger partial charge in [-0.25, -0.2) is 0 Å². The van der Waals surface area contributed by atoms with Crippen molar-refractivity contribution in [3.8, 4) is 11.4 Å². The number of nitrogens with zero attached hydrogens (tertiary/aromatic N) is 3. The third kappa shape index (κ3) is 5.35. The van der Waals surface area contributed by atoms with Crippen molar-refractivity contribution in [3.63, 3.8) is 0 Å². The van der Waals surface area contributed by atoms with E-state index in [4.69, 9.17) is 16.3 Å². The number of aliphatic hydroxyl groups is 2. The molecule has 0 aliphatic carbocycles. The number of rotatable bonds is 9. The van der Waals surface area contributed by atoms with E-state index in [0.717, 1.165) is 18.4 Å². The molecule has 2 amide bonds. The lowest BCUT2D eigenvalue weighted by molar-refractivity contribution is -0.139. The summed E-state index contributed by atoms with van der Waals surface area (Å²) in [5.74, 6) is -1.01. The van der Waals surface area contributed by atoms with Gasteiger partial charge in [0.2, 0.25) is 5.91 Å². The molecule has 2 N–H and O–H groups in total. The first-order chi connectivity index (χ1) is 20.2. The van der Waals surface area contributed by atoms with Crippen LogP contribution in [0.25, 0.3) is 5.69 Å². The number of aromatic nitrogens is 1. The predicted octanol–water partition coefficient (Wildman–Crippen LogP) is 3.80. The quantitative estimate of drug-likeness (QED) is 0.366. The van der Waals surface area contributed by atoms with Crippen LogP contribution in [0, 0.1) is 5.92 Å². The molecule has 3 heterocycles. The third-order valence-corrected chi connectivity index (χ3v) is 8.44. The van der Waals surface area contributed by atoms with Gasteiger partial charge in [0.1, 0.15) is 0 Å². The molecule has 9 nitrogen and oxygen atoms in total. The van der Waals surface area contributed by atoms with E-state index in [1.807, 2.05) is 12.1 Å². The van der Waals surface area contributed by atoms with Crippen molar-refractivity contribution in [1.29, 1.82) is 0 Å². The molecule has 1 aromatic heterocycles. The number of hydrogen-bond acceptors (Lipinski definition) is 6. The Bertz CT molecular complexity index is 1570. The van der Waals surface area contributed by atoms with Gasteiger partial charge in [-0.3, -0.25) is 19.0 Å². The standard InChI is InChI=1S/C32H34ClN3O6/c1-21(6-3-9-29(38)34-16-4-7-25(34)20-37)32(41)26-18-23(33)12-15-27(26)36(31(32)40)19-22-10-13-24(14-11-22)35-17-5-8-28(42-2)30(35)39/h3,5-6,8,10-15,17-18,21,25,37,41H,4,7,9,16,19-20H2,1-2H3/b6-3+/t21-,25-,32+/m0/s1. The van der Waals surface area contributed by atoms with E-state index in [-0.39, 0.29) is 42.8 Å². The minimum atomic E-state index is -1.88. The smallest absolute Gasteiger partial charge is 0.297 e. The number of benzene rings is 2. The molecule has 2 aliphatic rings. The number of carbonyl (C=O) groups excluding carboxylic acids is 2. The number of amides is 2. The first-order valence-corrected chi connectivity index (χ1v) is 14.3. The van der Waals surface area contributed by atoms with Crippen molar-refractivity contribution < 1.29 is 24.5 Å². The summed E-state index contributed by atoms with van der Waals surface area (Å²) in [6, 6.07) is 15.4. The Morgan fingerprint density at radius 1 is 1.19 bits per heavy atom. The van der Waals surface area contributed by atoms with Gasteiger partial charge in [-0.1, -0.05) is 42.8 Å². The van der Waals surface area contributed by atoms with E-state index in [2.05, 4.69) is 0 Å². The first-order valence-electron chi connectivity index (χ1n) is 13.9. The highest BCUT2D eigenvalue weighted by atomic mass is 35.5. The molecule has 42 heavy (non-hydrogen) atoms. The molecule has 0 unspecified atom stereocenters. The largest absolute Gasteiger partial charge is 0.491 e. The number of fused-ring (bicyclic) bond motifs is 1. The van der Waals surface area contributed by atoms with E-state index >= 15 is 0 Å². The molecule has 1 saturated heterocycles. The number of pyridine rings is 1. The Hall–Kier alpha value is -3.92. The number of methoxy groups -OCH3 is 1. The number of carbonyl (C=O) groups is 2. The Labute approximate surface area is 249 Å². The molecule has 0 bridgehead atoms. The van der Waals surface area contributed by atoms with Crippen LogP contribution in [0.2, 0.25) is 5.02 Å². The second-order valence-electron chi connectivity index (χ2n) is 10.7. The number of halogens is 1. The molecule has 10 heteroatoms. The second kappa shape index (κ2) is 12.1. The molecular formula is C32H34ClN3O6. The van der Waals surface area contributed by atoms with Gasteiger partial charge in [-0.2, -0.15) is 0 Å². The monoisotopic (exact) mass is 591 g/mol. The number of aliphatic hydroxyl groups excluding tert-OH is 1. The van der Waals surface area contributed by atoms with Gasteiger partial charge < -0.3 is 24.7 Å². The zero-order chi connectivity index (χ0) is 30.0. The summed E-state index contributed by atoms with van der Waals surface area (Å²) in [6.45, 7) is 2.49. The molecule has 3 atom stereocenters. The van der Waals surface area contributed by atoms with Crippen molar-refractivity contribution in [2.24, 2.45) is 5.92 Å². The lowest BCUT2D eigenvalue weighted by Gasteiger charge is -2.28. The van der Waals surface area contributed by atoms with E-state index in [1.165, 1.54) is 16.6 Å². The summed E-state index contributed by atoms with van der Waals surface area (Å²) in [5, 5.41) is 21.8. The van der Waals surface area contributed by atoms with Crippen molar-refractivity contribution >= 4 is 29.1 Å². The Kier molecular flexibility index (Phi) is 8.54. The molecule has 0 radical (unpaired) electrons. The first kappa shape index (κ1) is 29.6. The highest BCUT2D eigenvalue weighted by Gasteiger charge is 2.52. The van der Waals surface area contributed by atoms with E-state index in [1.54, 1.807) is 72.6 Å². The maximum atomic E-state index is 13.9. The summed E-state index contributed by atoms with van der Waals surface area (Å²) in [6.07, 6.45) is 6.78. The van der Waals surface area contributed by atoms with E-state index in [0.29, 0.717) is 28.5 Å². The summed E-state index contributed by atoms with van der Waals surface area (Å²) >= 11 is 6.30. The third-order valence-electron chi connectivity index (χ3n) is 8.20. The van der Waals surface area contributed by atoms with Crippen LogP contribution in [-0.4, -0.2) is 57.8 Å². The summed E-state index contributed by atoms with van der Waals surface area (Å²) in [7, 11) is 1.45. The topological polar surface area (TPSA) is 112 Å². The van der Waals surface area contributed by atoms with Gasteiger partial charge >= 0.3 is 0 Å². The fourth-order valence-corrected chi connectivity index (χ4v) is 6.01. The van der Waals surface area contributed by atoms with Crippen molar-refractivity contribution in [3.05, 3.63) is 99.4 Å². The van der Waals surface area contributed by atoms with Crippen LogP contribution in [0.3, 0.4) is 0 Å². The average molecular weight is 592 g/mol. The van der Waals surface area contributed by atoms with Gasteiger partial charge in [-0.15, -0.1) is 0 Å². The number of likely N-dealkylation sites (tertiary alicyclic amines) is 1. The maximum absolute atomic E-state index is 13.9. The SMILES string of the molecule is COc1cccn(-c2ccc(CN3C(=O)[C@@](O)([C@@H](C)/C=C/CC(=O)N4CCC[C@H]4CO)c4cc(Cl)ccc43)cc2)c1=O. The lowest BCUT2D eigenvalue weighted by atomic mass is 9.83. The number of hydrogen-bond donors (Lipinski definition) is 2. The summed E-state index contributed by atoms with van der Waals surface area (Å²) in [5.41, 5.74) is 0.241. The Morgan fingerprint density at radius 3 is 2.67 bits per heavy atom. The molecule has 3 aromatic rings. The number of anilines is 1. The van der Waals surface area contributed by atoms with Gasteiger partial charge in [0.05, 0.1) is 32.0 Å². The van der Waals surface area contributed by atoms with Crippen molar-refractivity contribution in [2.45, 2.75) is 44.4 Å². The van der Waals surface area contributed by atoms with Crippen LogP contribution in [0.5, 0.6) is 5.75 Å². The van der Waals surface area contributed by atoms with Gasteiger partial charge in [0.15, 0.2) is 11.4 Å². The number of ether oxygens (including phenoxy) is 1. The predicted molar refractivity (Wildman–Crippen MR) is 160 cm³/mol. The molecular weight excluding hydrogens is 558 g/mol. The van der Waals surface area contributed by atoms with Crippen molar-refractivity contribution in [2.75, 3.05) is 25.2 Å². The van der Waals surface area contributed by atoms with Crippen LogP contribution >= 0.6 is 11.6 Å².